The third-order valence-electron chi connectivity index (χ3n) is 3.20. The van der Waals surface area contributed by atoms with Crippen molar-refractivity contribution in [1.29, 1.82) is 0 Å². The zero-order valence-corrected chi connectivity index (χ0v) is 9.90. The summed E-state index contributed by atoms with van der Waals surface area (Å²) in [5.41, 5.74) is 1.36. The summed E-state index contributed by atoms with van der Waals surface area (Å²) >= 11 is 0. The molecule has 0 spiro atoms. The van der Waals surface area contributed by atoms with Gasteiger partial charge in [-0.25, -0.2) is 0 Å². The minimum atomic E-state index is 0.912. The maximum Gasteiger partial charge on any atom is 0.0208 e. The number of fused-ring (bicyclic) bond motifs is 2. The van der Waals surface area contributed by atoms with Crippen LogP contribution >= 0.6 is 0 Å². The van der Waals surface area contributed by atoms with Crippen LogP contribution in [0.4, 0.5) is 0 Å². The summed E-state index contributed by atoms with van der Waals surface area (Å²) in [4.78, 5) is 0. The molecule has 0 heterocycles. The fraction of sp³-hybridized carbons (Fsp3) is 0.125. The monoisotopic (exact) mass is 221 g/mol. The molecule has 1 nitrogen and oxygen atoms in total. The molecule has 3 aromatic rings. The van der Waals surface area contributed by atoms with Gasteiger partial charge in [0.25, 0.3) is 0 Å². The molecule has 0 aliphatic rings. The second-order valence-electron chi connectivity index (χ2n) is 4.37. The summed E-state index contributed by atoms with van der Waals surface area (Å²) in [6.45, 7) is 0.912. The topological polar surface area (TPSA) is 12.0 Å². The van der Waals surface area contributed by atoms with Crippen molar-refractivity contribution in [1.82, 2.24) is 5.32 Å². The van der Waals surface area contributed by atoms with E-state index >= 15 is 0 Å². The van der Waals surface area contributed by atoms with Crippen molar-refractivity contribution in [2.75, 3.05) is 7.05 Å². The third-order valence-corrected chi connectivity index (χ3v) is 3.20. The number of benzene rings is 3. The van der Waals surface area contributed by atoms with Crippen LogP contribution in [0.5, 0.6) is 0 Å². The zero-order valence-electron chi connectivity index (χ0n) is 9.90. The van der Waals surface area contributed by atoms with Gasteiger partial charge in [0.15, 0.2) is 0 Å². The Bertz CT molecular complexity index is 670. The molecule has 1 heteroatoms. The van der Waals surface area contributed by atoms with Crippen molar-refractivity contribution in [2.45, 2.75) is 6.54 Å². The molecule has 3 aromatic carbocycles. The highest BCUT2D eigenvalue weighted by atomic mass is 14.8. The molecule has 0 unspecified atom stereocenters. The van der Waals surface area contributed by atoms with E-state index in [0.717, 1.165) is 6.54 Å². The summed E-state index contributed by atoms with van der Waals surface area (Å²) in [6.07, 6.45) is 0. The molecule has 3 rings (SSSR count). The maximum atomic E-state index is 3.22. The molecular formula is C16H15N. The number of nitrogens with one attached hydrogen (secondary N) is 1. The summed E-state index contributed by atoms with van der Waals surface area (Å²) < 4.78 is 0. The number of hydrogen-bond donors (Lipinski definition) is 1. The molecule has 84 valence electrons. The van der Waals surface area contributed by atoms with Gasteiger partial charge in [-0.15, -0.1) is 0 Å². The van der Waals surface area contributed by atoms with Crippen LogP contribution in [0.3, 0.4) is 0 Å². The SMILES string of the molecule is CNCc1cccc2cc3ccccc3cc12. The first kappa shape index (κ1) is 10.3. The Hall–Kier alpha value is -1.86. The van der Waals surface area contributed by atoms with Gasteiger partial charge in [0.05, 0.1) is 0 Å². The van der Waals surface area contributed by atoms with E-state index in [1.807, 2.05) is 7.05 Å². The van der Waals surface area contributed by atoms with Crippen molar-refractivity contribution < 1.29 is 0 Å². The van der Waals surface area contributed by atoms with Crippen LogP contribution in [-0.2, 0) is 6.54 Å². The molecule has 0 saturated carbocycles. The second kappa shape index (κ2) is 4.19. The van der Waals surface area contributed by atoms with Gasteiger partial charge in [-0.05, 0) is 46.3 Å². The molecule has 0 bridgehead atoms. The Morgan fingerprint density at radius 2 is 1.53 bits per heavy atom. The van der Waals surface area contributed by atoms with Crippen molar-refractivity contribution in [3.05, 3.63) is 60.2 Å². The first-order valence-electron chi connectivity index (χ1n) is 5.93. The zero-order chi connectivity index (χ0) is 11.7. The lowest BCUT2D eigenvalue weighted by molar-refractivity contribution is 0.824. The molecule has 0 radical (unpaired) electrons. The summed E-state index contributed by atoms with van der Waals surface area (Å²) in [5.74, 6) is 0. The average Bonchev–Trinajstić information content (AvgIpc) is 2.37. The summed E-state index contributed by atoms with van der Waals surface area (Å²) in [5, 5.41) is 8.50. The molecule has 0 aromatic heterocycles. The molecule has 0 amide bonds. The van der Waals surface area contributed by atoms with E-state index in [1.54, 1.807) is 0 Å². The molecule has 1 N–H and O–H groups in total. The lowest BCUT2D eigenvalue weighted by atomic mass is 10.00. The lowest BCUT2D eigenvalue weighted by Gasteiger charge is -2.07. The van der Waals surface area contributed by atoms with Gasteiger partial charge in [-0.2, -0.15) is 0 Å². The third kappa shape index (κ3) is 1.79. The largest absolute Gasteiger partial charge is 0.316 e. The normalized spacial score (nSPS) is 11.1. The highest BCUT2D eigenvalue weighted by Crippen LogP contribution is 2.25. The highest BCUT2D eigenvalue weighted by Gasteiger charge is 2.01. The average molecular weight is 221 g/mol. The van der Waals surface area contributed by atoms with Crippen LogP contribution in [0.1, 0.15) is 5.56 Å². The van der Waals surface area contributed by atoms with Crippen molar-refractivity contribution in [3.8, 4) is 0 Å². The second-order valence-corrected chi connectivity index (χ2v) is 4.37. The minimum absolute atomic E-state index is 0.912. The van der Waals surface area contributed by atoms with E-state index in [0.29, 0.717) is 0 Å². The Balaban J connectivity index is 2.35. The quantitative estimate of drug-likeness (QED) is 0.650. The van der Waals surface area contributed by atoms with E-state index in [4.69, 9.17) is 0 Å². The van der Waals surface area contributed by atoms with Gasteiger partial charge in [-0.3, -0.25) is 0 Å². The van der Waals surface area contributed by atoms with Crippen LogP contribution in [0, 0.1) is 0 Å². The van der Waals surface area contributed by atoms with Crippen LogP contribution in [0.25, 0.3) is 21.5 Å². The number of rotatable bonds is 2. The standard InChI is InChI=1S/C16H15N/c1-17-11-15-8-4-7-14-9-12-5-2-3-6-13(12)10-16(14)15/h2-10,17H,11H2,1H3. The van der Waals surface area contributed by atoms with E-state index in [1.165, 1.54) is 27.1 Å². The predicted molar refractivity (Wildman–Crippen MR) is 74.2 cm³/mol. The lowest BCUT2D eigenvalue weighted by Crippen LogP contribution is -2.05. The Morgan fingerprint density at radius 3 is 2.29 bits per heavy atom. The minimum Gasteiger partial charge on any atom is -0.316 e. The van der Waals surface area contributed by atoms with Crippen LogP contribution in [0.15, 0.2) is 54.6 Å². The van der Waals surface area contributed by atoms with Gasteiger partial charge >= 0.3 is 0 Å². The van der Waals surface area contributed by atoms with Gasteiger partial charge in [0.1, 0.15) is 0 Å². The molecular weight excluding hydrogens is 206 g/mol. The molecule has 0 atom stereocenters. The highest BCUT2D eigenvalue weighted by molar-refractivity contribution is 5.99. The molecule has 0 fully saturated rings. The molecule has 0 aliphatic heterocycles. The fourth-order valence-corrected chi connectivity index (χ4v) is 2.38. The van der Waals surface area contributed by atoms with Crippen molar-refractivity contribution >= 4 is 21.5 Å². The Kier molecular flexibility index (Phi) is 2.54. The first-order valence-corrected chi connectivity index (χ1v) is 5.93. The molecule has 0 aliphatic carbocycles. The van der Waals surface area contributed by atoms with Gasteiger partial charge in [0, 0.05) is 6.54 Å². The van der Waals surface area contributed by atoms with E-state index in [-0.39, 0.29) is 0 Å². The van der Waals surface area contributed by atoms with Gasteiger partial charge in [-0.1, -0.05) is 42.5 Å². The molecule has 17 heavy (non-hydrogen) atoms. The smallest absolute Gasteiger partial charge is 0.0208 e. The predicted octanol–water partition coefficient (Wildman–Crippen LogP) is 3.71. The van der Waals surface area contributed by atoms with E-state index in [2.05, 4.69) is 59.9 Å². The van der Waals surface area contributed by atoms with Crippen LogP contribution < -0.4 is 5.32 Å². The number of hydrogen-bond acceptors (Lipinski definition) is 1. The van der Waals surface area contributed by atoms with Crippen molar-refractivity contribution in [2.24, 2.45) is 0 Å². The van der Waals surface area contributed by atoms with E-state index < -0.39 is 0 Å². The Labute approximate surface area is 101 Å². The summed E-state index contributed by atoms with van der Waals surface area (Å²) in [7, 11) is 1.99. The maximum absolute atomic E-state index is 3.22. The van der Waals surface area contributed by atoms with E-state index in [9.17, 15) is 0 Å². The van der Waals surface area contributed by atoms with Gasteiger partial charge in [0.2, 0.25) is 0 Å². The fourth-order valence-electron chi connectivity index (χ4n) is 2.38. The Morgan fingerprint density at radius 1 is 0.824 bits per heavy atom. The van der Waals surface area contributed by atoms with Crippen LogP contribution in [-0.4, -0.2) is 7.05 Å². The first-order chi connectivity index (χ1) is 8.38. The van der Waals surface area contributed by atoms with Crippen LogP contribution in [0.2, 0.25) is 0 Å². The van der Waals surface area contributed by atoms with Crippen molar-refractivity contribution in [3.63, 3.8) is 0 Å². The summed E-state index contributed by atoms with van der Waals surface area (Å²) in [6, 6.07) is 19.6. The van der Waals surface area contributed by atoms with Gasteiger partial charge < -0.3 is 5.32 Å². The molecule has 0 saturated heterocycles.